The van der Waals surface area contributed by atoms with Crippen LogP contribution in [0.5, 0.6) is 0 Å². The van der Waals surface area contributed by atoms with Gasteiger partial charge in [-0.25, -0.2) is 9.97 Å². The summed E-state index contributed by atoms with van der Waals surface area (Å²) in [6.45, 7) is 5.80. The highest BCUT2D eigenvalue weighted by molar-refractivity contribution is 6.06. The maximum atomic E-state index is 10.6. The number of benzene rings is 1. The normalized spacial score (nSPS) is 13.8. The number of rotatable bonds is 4. The molecule has 2 heterocycles. The van der Waals surface area contributed by atoms with Crippen LogP contribution in [0.3, 0.4) is 0 Å². The number of aliphatic hydroxyl groups is 1. The lowest BCUT2D eigenvalue weighted by Gasteiger charge is -2.31. The average molecular weight is 298 g/mol. The van der Waals surface area contributed by atoms with Crippen molar-refractivity contribution in [2.75, 3.05) is 5.73 Å². The molecule has 0 aliphatic rings. The first-order chi connectivity index (χ1) is 10.4. The molecule has 5 heteroatoms. The van der Waals surface area contributed by atoms with E-state index < -0.39 is 5.60 Å². The minimum atomic E-state index is -0.844. The van der Waals surface area contributed by atoms with Crippen molar-refractivity contribution in [1.29, 1.82) is 0 Å². The van der Waals surface area contributed by atoms with Crippen molar-refractivity contribution in [2.24, 2.45) is 0 Å². The molecule has 0 radical (unpaired) electrons. The number of anilines is 1. The van der Waals surface area contributed by atoms with Crippen molar-refractivity contribution < 1.29 is 5.11 Å². The van der Waals surface area contributed by atoms with Gasteiger partial charge >= 0.3 is 0 Å². The van der Waals surface area contributed by atoms with Crippen LogP contribution < -0.4 is 5.73 Å². The number of nitrogens with zero attached hydrogens (tertiary/aromatic N) is 3. The number of pyridine rings is 1. The summed E-state index contributed by atoms with van der Waals surface area (Å²) in [5.74, 6) is 0.429. The molecule has 0 fully saturated rings. The second kappa shape index (κ2) is 5.25. The Hall–Kier alpha value is -2.14. The lowest BCUT2D eigenvalue weighted by atomic mass is 9.94. The van der Waals surface area contributed by atoms with Gasteiger partial charge in [0.1, 0.15) is 5.52 Å². The maximum absolute atomic E-state index is 10.6. The van der Waals surface area contributed by atoms with Gasteiger partial charge in [-0.15, -0.1) is 0 Å². The number of fused-ring (bicyclic) bond motifs is 3. The van der Waals surface area contributed by atoms with Gasteiger partial charge < -0.3 is 15.4 Å². The number of nitrogen functional groups attached to an aromatic ring is 1. The van der Waals surface area contributed by atoms with Gasteiger partial charge in [0.2, 0.25) is 0 Å². The average Bonchev–Trinajstić information content (AvgIpc) is 2.89. The number of aromatic nitrogens is 3. The number of hydrogen-bond donors (Lipinski definition) is 2. The van der Waals surface area contributed by atoms with Crippen molar-refractivity contribution in [3.05, 3.63) is 30.6 Å². The van der Waals surface area contributed by atoms with Crippen LogP contribution in [0.2, 0.25) is 0 Å². The predicted octanol–water partition coefficient (Wildman–Crippen LogP) is 3.28. The largest absolute Gasteiger partial charge is 0.388 e. The van der Waals surface area contributed by atoms with Crippen molar-refractivity contribution in [1.82, 2.24) is 14.5 Å². The SMILES string of the molecule is CCC[C@H](n1cnc2c(N)nc3ccccc3c21)C(C)(C)O. The highest BCUT2D eigenvalue weighted by Gasteiger charge is 2.29. The highest BCUT2D eigenvalue weighted by Crippen LogP contribution is 2.34. The number of nitrogens with two attached hydrogens (primary N) is 1. The van der Waals surface area contributed by atoms with Gasteiger partial charge in [0, 0.05) is 5.39 Å². The summed E-state index contributed by atoms with van der Waals surface area (Å²) in [6.07, 6.45) is 3.62. The molecule has 2 aromatic heterocycles. The summed E-state index contributed by atoms with van der Waals surface area (Å²) in [4.78, 5) is 8.87. The Morgan fingerprint density at radius 3 is 2.73 bits per heavy atom. The van der Waals surface area contributed by atoms with Gasteiger partial charge in [0.25, 0.3) is 0 Å². The monoisotopic (exact) mass is 298 g/mol. The number of para-hydroxylation sites is 1. The van der Waals surface area contributed by atoms with Gasteiger partial charge in [0.15, 0.2) is 5.82 Å². The van der Waals surface area contributed by atoms with Gasteiger partial charge in [0.05, 0.1) is 29.0 Å². The Balaban J connectivity index is 2.35. The molecule has 3 aromatic rings. The van der Waals surface area contributed by atoms with Crippen LogP contribution >= 0.6 is 0 Å². The lowest BCUT2D eigenvalue weighted by molar-refractivity contribution is 0.0206. The predicted molar refractivity (Wildman–Crippen MR) is 89.7 cm³/mol. The molecule has 3 N–H and O–H groups in total. The van der Waals surface area contributed by atoms with E-state index in [-0.39, 0.29) is 6.04 Å². The third kappa shape index (κ3) is 2.31. The minimum Gasteiger partial charge on any atom is -0.388 e. The molecule has 1 atom stereocenters. The molecule has 0 aliphatic carbocycles. The molecular formula is C17H22N4O. The van der Waals surface area contributed by atoms with E-state index in [2.05, 4.69) is 21.5 Å². The van der Waals surface area contributed by atoms with E-state index in [9.17, 15) is 5.11 Å². The van der Waals surface area contributed by atoms with E-state index in [1.165, 1.54) is 0 Å². The van der Waals surface area contributed by atoms with E-state index in [1.54, 1.807) is 6.33 Å². The summed E-state index contributed by atoms with van der Waals surface area (Å²) < 4.78 is 2.05. The summed E-state index contributed by atoms with van der Waals surface area (Å²) in [7, 11) is 0. The molecule has 0 spiro atoms. The zero-order valence-electron chi connectivity index (χ0n) is 13.2. The molecule has 0 saturated heterocycles. The zero-order valence-corrected chi connectivity index (χ0v) is 13.2. The number of imidazole rings is 1. The van der Waals surface area contributed by atoms with Crippen LogP contribution in [0.1, 0.15) is 39.7 Å². The fourth-order valence-electron chi connectivity index (χ4n) is 3.11. The van der Waals surface area contributed by atoms with E-state index >= 15 is 0 Å². The molecular weight excluding hydrogens is 276 g/mol. The third-order valence-corrected chi connectivity index (χ3v) is 4.15. The second-order valence-electron chi connectivity index (χ2n) is 6.32. The van der Waals surface area contributed by atoms with E-state index in [0.717, 1.165) is 29.3 Å². The molecule has 1 aromatic carbocycles. The standard InChI is InChI=1S/C17H22N4O/c1-4-7-13(17(2,3)22)21-10-19-14-15(21)11-8-5-6-9-12(11)20-16(14)18/h5-6,8-10,13,22H,4,7H2,1-3H3,(H2,18,20)/t13-/m0/s1. The summed E-state index contributed by atoms with van der Waals surface area (Å²) >= 11 is 0. The molecule has 0 saturated carbocycles. The third-order valence-electron chi connectivity index (χ3n) is 4.15. The summed E-state index contributed by atoms with van der Waals surface area (Å²) in [5, 5.41) is 11.6. The van der Waals surface area contributed by atoms with Gasteiger partial charge in [-0.2, -0.15) is 0 Å². The zero-order chi connectivity index (χ0) is 15.9. The first kappa shape index (κ1) is 14.8. The summed E-state index contributed by atoms with van der Waals surface area (Å²) in [5.41, 5.74) is 7.72. The van der Waals surface area contributed by atoms with E-state index in [4.69, 9.17) is 5.73 Å². The minimum absolute atomic E-state index is 0.0623. The molecule has 22 heavy (non-hydrogen) atoms. The van der Waals surface area contributed by atoms with Crippen LogP contribution in [0.15, 0.2) is 30.6 Å². The first-order valence-electron chi connectivity index (χ1n) is 7.66. The number of hydrogen-bond acceptors (Lipinski definition) is 4. The fraction of sp³-hybridized carbons (Fsp3) is 0.412. The van der Waals surface area contributed by atoms with Gasteiger partial charge in [-0.3, -0.25) is 0 Å². The van der Waals surface area contributed by atoms with E-state index in [1.807, 2.05) is 38.1 Å². The molecule has 0 bridgehead atoms. The van der Waals surface area contributed by atoms with Crippen molar-refractivity contribution >= 4 is 27.8 Å². The molecule has 5 nitrogen and oxygen atoms in total. The Labute approximate surface area is 129 Å². The van der Waals surface area contributed by atoms with E-state index in [0.29, 0.717) is 11.3 Å². The molecule has 0 amide bonds. The van der Waals surface area contributed by atoms with Crippen LogP contribution in [0, 0.1) is 0 Å². The molecule has 116 valence electrons. The van der Waals surface area contributed by atoms with Gasteiger partial charge in [-0.1, -0.05) is 31.5 Å². The molecule has 3 rings (SSSR count). The highest BCUT2D eigenvalue weighted by atomic mass is 16.3. The fourth-order valence-corrected chi connectivity index (χ4v) is 3.11. The van der Waals surface area contributed by atoms with Crippen molar-refractivity contribution in [3.8, 4) is 0 Å². The first-order valence-corrected chi connectivity index (χ1v) is 7.66. The van der Waals surface area contributed by atoms with Crippen LogP contribution in [-0.2, 0) is 0 Å². The van der Waals surface area contributed by atoms with Crippen molar-refractivity contribution in [3.63, 3.8) is 0 Å². The van der Waals surface area contributed by atoms with Crippen LogP contribution in [0.25, 0.3) is 21.9 Å². The second-order valence-corrected chi connectivity index (χ2v) is 6.32. The topological polar surface area (TPSA) is 77.0 Å². The van der Waals surface area contributed by atoms with Crippen molar-refractivity contribution in [2.45, 2.75) is 45.3 Å². The maximum Gasteiger partial charge on any atom is 0.152 e. The quantitative estimate of drug-likeness (QED) is 0.775. The van der Waals surface area contributed by atoms with Crippen LogP contribution in [-0.4, -0.2) is 25.2 Å². The molecule has 0 unspecified atom stereocenters. The Morgan fingerprint density at radius 2 is 2.05 bits per heavy atom. The summed E-state index contributed by atoms with van der Waals surface area (Å²) in [6, 6.07) is 7.83. The Morgan fingerprint density at radius 1 is 1.32 bits per heavy atom. The lowest BCUT2D eigenvalue weighted by Crippen LogP contribution is -2.33. The van der Waals surface area contributed by atoms with Gasteiger partial charge in [-0.05, 0) is 26.3 Å². The Bertz CT molecular complexity index is 816. The smallest absolute Gasteiger partial charge is 0.152 e. The van der Waals surface area contributed by atoms with Crippen LogP contribution in [0.4, 0.5) is 5.82 Å². The molecule has 0 aliphatic heterocycles. The Kier molecular flexibility index (Phi) is 3.53.